The number of hydrogen-bond acceptors (Lipinski definition) is 3. The van der Waals surface area contributed by atoms with Crippen LogP contribution in [-0.4, -0.2) is 40.1 Å². The zero-order valence-electron chi connectivity index (χ0n) is 24.6. The molecule has 0 bridgehead atoms. The number of carbonyl (C=O) groups is 3. The molecule has 2 aromatic carbocycles. The van der Waals surface area contributed by atoms with Gasteiger partial charge >= 0.3 is 12.1 Å². The zero-order valence-corrected chi connectivity index (χ0v) is 25.4. The van der Waals surface area contributed by atoms with Crippen molar-refractivity contribution in [1.29, 1.82) is 0 Å². The lowest BCUT2D eigenvalue weighted by Crippen LogP contribution is -2.26. The van der Waals surface area contributed by atoms with E-state index in [1.165, 1.54) is 0 Å². The number of ketones is 1. The first kappa shape index (κ1) is 35.3. The van der Waals surface area contributed by atoms with Crippen molar-refractivity contribution < 1.29 is 32.7 Å². The lowest BCUT2D eigenvalue weighted by molar-refractivity contribution is -0.136. The summed E-state index contributed by atoms with van der Waals surface area (Å²) in [7, 11) is 0. The lowest BCUT2D eigenvalue weighted by Gasteiger charge is -2.19. The van der Waals surface area contributed by atoms with Gasteiger partial charge in [0.05, 0.1) is 12.1 Å². The second kappa shape index (κ2) is 16.1. The maximum atomic E-state index is 13.9. The second-order valence-corrected chi connectivity index (χ2v) is 11.2. The standard InChI is InChI=1S/C29H33ClN2O4.C4H5F3/c1-4-15-32-25-12-11-24(30)17-23(25)18-26(32)28(35)22(8-5-19(2)3)16-20-6-9-21(10-7-20)29(36)31-14-13-27(33)34;1-3(2)4(5,6)7/h4,6-7,9-12,17-19,22H,1,5,8,13-16H2,2-3H3,(H,31,36)(H,33,34);1H2,2H3. The van der Waals surface area contributed by atoms with Crippen molar-refractivity contribution in [3.8, 4) is 0 Å². The summed E-state index contributed by atoms with van der Waals surface area (Å²) in [5.74, 6) is -0.942. The number of halogens is 4. The summed E-state index contributed by atoms with van der Waals surface area (Å²) < 4.78 is 35.2. The van der Waals surface area contributed by atoms with Crippen LogP contribution in [0.15, 0.2) is 73.3 Å². The molecule has 6 nitrogen and oxygen atoms in total. The summed E-state index contributed by atoms with van der Waals surface area (Å²) in [6, 6.07) is 14.7. The summed E-state index contributed by atoms with van der Waals surface area (Å²) in [4.78, 5) is 36.8. The third-order valence-electron chi connectivity index (χ3n) is 6.70. The summed E-state index contributed by atoms with van der Waals surface area (Å²) in [5, 5.41) is 12.9. The van der Waals surface area contributed by atoms with E-state index < -0.39 is 17.7 Å². The van der Waals surface area contributed by atoms with Crippen molar-refractivity contribution >= 4 is 40.2 Å². The highest BCUT2D eigenvalue weighted by Gasteiger charge is 2.28. The molecule has 0 fully saturated rings. The third-order valence-corrected chi connectivity index (χ3v) is 6.93. The van der Waals surface area contributed by atoms with E-state index in [4.69, 9.17) is 16.7 Å². The number of aliphatic carboxylic acids is 1. The number of nitrogens with one attached hydrogen (secondary N) is 1. The van der Waals surface area contributed by atoms with Crippen LogP contribution in [0.5, 0.6) is 0 Å². The van der Waals surface area contributed by atoms with Crippen LogP contribution in [0.2, 0.25) is 5.02 Å². The zero-order chi connectivity index (χ0) is 32.3. The molecule has 2 N–H and O–H groups in total. The molecule has 232 valence electrons. The first-order valence-corrected chi connectivity index (χ1v) is 14.3. The van der Waals surface area contributed by atoms with E-state index in [2.05, 4.69) is 32.3 Å². The molecule has 0 radical (unpaired) electrons. The number of fused-ring (bicyclic) bond motifs is 1. The van der Waals surface area contributed by atoms with Gasteiger partial charge in [0.1, 0.15) is 0 Å². The molecule has 0 saturated heterocycles. The van der Waals surface area contributed by atoms with E-state index in [0.29, 0.717) is 35.2 Å². The van der Waals surface area contributed by atoms with Crippen LogP contribution in [-0.2, 0) is 17.8 Å². The molecule has 10 heteroatoms. The van der Waals surface area contributed by atoms with Crippen LogP contribution in [0.3, 0.4) is 0 Å². The predicted octanol–water partition coefficient (Wildman–Crippen LogP) is 8.29. The number of amides is 1. The number of aromatic nitrogens is 1. The van der Waals surface area contributed by atoms with Crippen molar-refractivity contribution in [2.45, 2.75) is 59.2 Å². The number of alkyl halides is 3. The highest BCUT2D eigenvalue weighted by Crippen LogP contribution is 2.28. The van der Waals surface area contributed by atoms with E-state index in [1.54, 1.807) is 18.2 Å². The minimum Gasteiger partial charge on any atom is -0.481 e. The van der Waals surface area contributed by atoms with Crippen LogP contribution in [0.4, 0.5) is 13.2 Å². The van der Waals surface area contributed by atoms with Gasteiger partial charge in [-0.25, -0.2) is 0 Å². The molecule has 1 amide bonds. The Morgan fingerprint density at radius 3 is 2.23 bits per heavy atom. The molecular weight excluding hydrogens is 581 g/mol. The molecule has 0 aliphatic carbocycles. The minimum atomic E-state index is -4.19. The first-order chi connectivity index (χ1) is 20.1. The van der Waals surface area contributed by atoms with Gasteiger partial charge in [-0.3, -0.25) is 14.4 Å². The van der Waals surface area contributed by atoms with Gasteiger partial charge in [0.15, 0.2) is 5.78 Å². The van der Waals surface area contributed by atoms with Gasteiger partial charge < -0.3 is 15.0 Å². The fraction of sp³-hybridized carbons (Fsp3) is 0.364. The number of carboxylic acid groups (broad SMARTS) is 1. The number of nitrogens with zero attached hydrogens (tertiary/aromatic N) is 1. The Morgan fingerprint density at radius 2 is 1.70 bits per heavy atom. The predicted molar refractivity (Wildman–Crippen MR) is 165 cm³/mol. The maximum absolute atomic E-state index is 13.9. The molecule has 43 heavy (non-hydrogen) atoms. The number of carbonyl (C=O) groups excluding carboxylic acids is 2. The first-order valence-electron chi connectivity index (χ1n) is 13.9. The Bertz CT molecular complexity index is 1440. The number of rotatable bonds is 13. The van der Waals surface area contributed by atoms with Crippen molar-refractivity contribution in [2.24, 2.45) is 11.8 Å². The van der Waals surface area contributed by atoms with Gasteiger partial charge in [-0.05, 0) is 67.6 Å². The number of benzene rings is 2. The molecule has 0 aliphatic rings. The fourth-order valence-electron chi connectivity index (χ4n) is 4.30. The van der Waals surface area contributed by atoms with E-state index in [-0.39, 0.29) is 30.6 Å². The van der Waals surface area contributed by atoms with Crippen molar-refractivity contribution in [3.63, 3.8) is 0 Å². The Kier molecular flexibility index (Phi) is 13.3. The van der Waals surface area contributed by atoms with Gasteiger partial charge in [0, 0.05) is 46.1 Å². The van der Waals surface area contributed by atoms with E-state index >= 15 is 0 Å². The Hall–Kier alpha value is -3.85. The SMILES string of the molecule is C=C(C)C(F)(F)F.C=CCn1c(C(=O)C(CCC(C)C)Cc2ccc(C(=O)NCCC(=O)O)cc2)cc2cc(Cl)ccc21. The lowest BCUT2D eigenvalue weighted by atomic mass is 9.87. The van der Waals surface area contributed by atoms with Gasteiger partial charge in [-0.1, -0.05) is 56.7 Å². The molecule has 0 spiro atoms. The maximum Gasteiger partial charge on any atom is 0.411 e. The number of carboxylic acids is 1. The Morgan fingerprint density at radius 1 is 1.07 bits per heavy atom. The minimum absolute atomic E-state index is 0.0750. The molecule has 1 heterocycles. The van der Waals surface area contributed by atoms with Gasteiger partial charge in [-0.2, -0.15) is 13.2 Å². The fourth-order valence-corrected chi connectivity index (χ4v) is 4.48. The van der Waals surface area contributed by atoms with Crippen LogP contribution in [0, 0.1) is 11.8 Å². The summed E-state index contributed by atoms with van der Waals surface area (Å²) in [6.45, 7) is 12.4. The van der Waals surface area contributed by atoms with Crippen molar-refractivity contribution in [1.82, 2.24) is 9.88 Å². The van der Waals surface area contributed by atoms with Crippen LogP contribution in [0.1, 0.15) is 66.4 Å². The molecule has 3 rings (SSSR count). The monoisotopic (exact) mass is 618 g/mol. The highest BCUT2D eigenvalue weighted by atomic mass is 35.5. The smallest absolute Gasteiger partial charge is 0.411 e. The summed E-state index contributed by atoms with van der Waals surface area (Å²) in [5.41, 5.74) is 2.26. The normalized spacial score (nSPS) is 11.9. The number of allylic oxidation sites excluding steroid dienone is 2. The molecular formula is C33H38ClF3N2O4. The molecule has 3 aromatic rings. The van der Waals surface area contributed by atoms with Gasteiger partial charge in [0.25, 0.3) is 5.91 Å². The second-order valence-electron chi connectivity index (χ2n) is 10.7. The summed E-state index contributed by atoms with van der Waals surface area (Å²) in [6.07, 6.45) is -0.298. The Balaban J connectivity index is 0.000000821. The molecule has 1 atom stereocenters. The molecule has 0 aliphatic heterocycles. The van der Waals surface area contributed by atoms with Gasteiger partial charge in [0.2, 0.25) is 0 Å². The third kappa shape index (κ3) is 11.1. The average molecular weight is 619 g/mol. The van der Waals surface area contributed by atoms with E-state index in [9.17, 15) is 27.6 Å². The summed E-state index contributed by atoms with van der Waals surface area (Å²) >= 11 is 6.20. The van der Waals surface area contributed by atoms with E-state index in [1.807, 2.05) is 41.0 Å². The van der Waals surface area contributed by atoms with Crippen molar-refractivity contribution in [2.75, 3.05) is 6.54 Å². The molecule has 0 saturated carbocycles. The van der Waals surface area contributed by atoms with E-state index in [0.717, 1.165) is 36.2 Å². The molecule has 1 aromatic heterocycles. The Labute approximate surface area is 255 Å². The molecule has 1 unspecified atom stereocenters. The topological polar surface area (TPSA) is 88.4 Å². The van der Waals surface area contributed by atoms with Crippen LogP contribution in [0.25, 0.3) is 10.9 Å². The van der Waals surface area contributed by atoms with Gasteiger partial charge in [-0.15, -0.1) is 6.58 Å². The highest BCUT2D eigenvalue weighted by molar-refractivity contribution is 6.31. The van der Waals surface area contributed by atoms with Crippen molar-refractivity contribution in [3.05, 3.63) is 95.2 Å². The largest absolute Gasteiger partial charge is 0.481 e. The van der Waals surface area contributed by atoms with Crippen LogP contribution < -0.4 is 5.32 Å². The number of hydrogen-bond donors (Lipinski definition) is 2. The number of Topliss-reactive ketones (excluding diaryl/α,β-unsaturated/α-hetero) is 1. The average Bonchev–Trinajstić information content (AvgIpc) is 3.27. The quantitative estimate of drug-likeness (QED) is 0.149. The van der Waals surface area contributed by atoms with Crippen LogP contribution >= 0.6 is 11.6 Å².